The van der Waals surface area contributed by atoms with Gasteiger partial charge in [0.25, 0.3) is 0 Å². The SMILES string of the molecule is CC(=O)OCCCCn1cnc2c(Cl)nc(C)nc21. The Bertz CT molecular complexity index is 597. The topological polar surface area (TPSA) is 69.9 Å². The van der Waals surface area contributed by atoms with Gasteiger partial charge in [0.05, 0.1) is 12.9 Å². The molecule has 0 fully saturated rings. The summed E-state index contributed by atoms with van der Waals surface area (Å²) < 4.78 is 6.81. The van der Waals surface area contributed by atoms with Gasteiger partial charge in [-0.25, -0.2) is 15.0 Å². The number of hydrogen-bond donors (Lipinski definition) is 0. The molecule has 7 heteroatoms. The third-order valence-corrected chi connectivity index (χ3v) is 2.90. The number of aromatic nitrogens is 4. The highest BCUT2D eigenvalue weighted by Crippen LogP contribution is 2.18. The van der Waals surface area contributed by atoms with Gasteiger partial charge in [0.15, 0.2) is 10.8 Å². The third-order valence-electron chi connectivity index (χ3n) is 2.63. The molecule has 0 aliphatic heterocycles. The molecule has 0 saturated carbocycles. The number of carbonyl (C=O) groups excluding carboxylic acids is 1. The predicted molar refractivity (Wildman–Crippen MR) is 70.9 cm³/mol. The van der Waals surface area contributed by atoms with Crippen molar-refractivity contribution in [2.75, 3.05) is 6.61 Å². The molecule has 2 rings (SSSR count). The first-order valence-corrected chi connectivity index (χ1v) is 6.44. The summed E-state index contributed by atoms with van der Waals surface area (Å²) in [5, 5.41) is 0.376. The molecule has 0 atom stereocenters. The van der Waals surface area contributed by atoms with Gasteiger partial charge in [0.2, 0.25) is 0 Å². The summed E-state index contributed by atoms with van der Waals surface area (Å²) in [6, 6.07) is 0. The molecular formula is C12H15ClN4O2. The lowest BCUT2D eigenvalue weighted by Crippen LogP contribution is -2.03. The number of nitrogens with zero attached hydrogens (tertiary/aromatic N) is 4. The number of aryl methyl sites for hydroxylation is 2. The van der Waals surface area contributed by atoms with Crippen molar-refractivity contribution >= 4 is 28.7 Å². The van der Waals surface area contributed by atoms with E-state index in [2.05, 4.69) is 15.0 Å². The molecule has 0 radical (unpaired) electrons. The second-order valence-electron chi connectivity index (χ2n) is 4.22. The minimum atomic E-state index is -0.247. The van der Waals surface area contributed by atoms with Crippen molar-refractivity contribution in [1.29, 1.82) is 0 Å². The maximum absolute atomic E-state index is 10.6. The van der Waals surface area contributed by atoms with Gasteiger partial charge in [-0.15, -0.1) is 0 Å². The maximum Gasteiger partial charge on any atom is 0.302 e. The summed E-state index contributed by atoms with van der Waals surface area (Å²) in [7, 11) is 0. The molecular weight excluding hydrogens is 268 g/mol. The Kier molecular flexibility index (Phi) is 4.31. The van der Waals surface area contributed by atoms with E-state index in [9.17, 15) is 4.79 Å². The molecule has 0 saturated heterocycles. The minimum Gasteiger partial charge on any atom is -0.466 e. The molecule has 0 N–H and O–H groups in total. The number of esters is 1. The van der Waals surface area contributed by atoms with Crippen LogP contribution in [0.1, 0.15) is 25.6 Å². The van der Waals surface area contributed by atoms with Crippen molar-refractivity contribution < 1.29 is 9.53 Å². The molecule has 2 aromatic rings. The van der Waals surface area contributed by atoms with Gasteiger partial charge >= 0.3 is 5.97 Å². The molecule has 0 aliphatic rings. The van der Waals surface area contributed by atoms with Crippen molar-refractivity contribution in [2.24, 2.45) is 0 Å². The van der Waals surface area contributed by atoms with E-state index >= 15 is 0 Å². The Morgan fingerprint density at radius 3 is 2.95 bits per heavy atom. The maximum atomic E-state index is 10.6. The number of rotatable bonds is 5. The van der Waals surface area contributed by atoms with Gasteiger partial charge in [-0.3, -0.25) is 4.79 Å². The third kappa shape index (κ3) is 3.41. The zero-order valence-corrected chi connectivity index (χ0v) is 11.6. The average Bonchev–Trinajstić information content (AvgIpc) is 2.72. The average molecular weight is 283 g/mol. The monoisotopic (exact) mass is 282 g/mol. The van der Waals surface area contributed by atoms with Gasteiger partial charge in [-0.05, 0) is 19.8 Å². The molecule has 19 heavy (non-hydrogen) atoms. The van der Waals surface area contributed by atoms with Gasteiger partial charge < -0.3 is 9.30 Å². The zero-order chi connectivity index (χ0) is 13.8. The van der Waals surface area contributed by atoms with E-state index in [0.29, 0.717) is 23.1 Å². The molecule has 0 amide bonds. The van der Waals surface area contributed by atoms with E-state index in [1.165, 1.54) is 6.92 Å². The molecule has 0 aromatic carbocycles. The van der Waals surface area contributed by atoms with Crippen LogP contribution in [-0.2, 0) is 16.1 Å². The fourth-order valence-corrected chi connectivity index (χ4v) is 2.03. The van der Waals surface area contributed by atoms with Crippen LogP contribution in [0.4, 0.5) is 0 Å². The molecule has 6 nitrogen and oxygen atoms in total. The van der Waals surface area contributed by atoms with Crippen molar-refractivity contribution in [3.8, 4) is 0 Å². The van der Waals surface area contributed by atoms with Gasteiger partial charge in [-0.2, -0.15) is 0 Å². The normalized spacial score (nSPS) is 10.9. The number of halogens is 1. The first-order chi connectivity index (χ1) is 9.08. The Labute approximate surface area is 115 Å². The predicted octanol–water partition coefficient (Wildman–Crippen LogP) is 2.13. The summed E-state index contributed by atoms with van der Waals surface area (Å²) in [5.74, 6) is 0.377. The van der Waals surface area contributed by atoms with E-state index in [0.717, 1.165) is 25.0 Å². The van der Waals surface area contributed by atoms with Crippen LogP contribution < -0.4 is 0 Å². The first-order valence-electron chi connectivity index (χ1n) is 6.06. The first kappa shape index (κ1) is 13.7. The fraction of sp³-hybridized carbons (Fsp3) is 0.500. The second kappa shape index (κ2) is 5.97. The molecule has 2 heterocycles. The van der Waals surface area contributed by atoms with E-state index < -0.39 is 0 Å². The van der Waals surface area contributed by atoms with Crippen LogP contribution in [0.25, 0.3) is 11.2 Å². The van der Waals surface area contributed by atoms with Crippen LogP contribution in [0, 0.1) is 6.92 Å². The molecule has 0 unspecified atom stereocenters. The Hall–Kier alpha value is -1.69. The molecule has 2 aromatic heterocycles. The number of carbonyl (C=O) groups is 1. The van der Waals surface area contributed by atoms with Crippen LogP contribution in [0.2, 0.25) is 5.15 Å². The number of ether oxygens (including phenoxy) is 1. The molecule has 102 valence electrons. The van der Waals surface area contributed by atoms with E-state index in [4.69, 9.17) is 16.3 Å². The van der Waals surface area contributed by atoms with E-state index in [1.807, 2.05) is 4.57 Å². The highest BCUT2D eigenvalue weighted by atomic mass is 35.5. The van der Waals surface area contributed by atoms with Gasteiger partial charge in [0.1, 0.15) is 11.3 Å². The summed E-state index contributed by atoms with van der Waals surface area (Å²) in [5.41, 5.74) is 1.36. The van der Waals surface area contributed by atoms with Crippen LogP contribution in [0.3, 0.4) is 0 Å². The van der Waals surface area contributed by atoms with Crippen molar-refractivity contribution in [3.05, 3.63) is 17.3 Å². The van der Waals surface area contributed by atoms with Crippen LogP contribution in [0.5, 0.6) is 0 Å². The summed E-state index contributed by atoms with van der Waals surface area (Å²) in [6.07, 6.45) is 3.38. The highest BCUT2D eigenvalue weighted by Gasteiger charge is 2.09. The second-order valence-corrected chi connectivity index (χ2v) is 4.58. The summed E-state index contributed by atoms with van der Waals surface area (Å²) in [4.78, 5) is 23.2. The number of imidazole rings is 1. The van der Waals surface area contributed by atoms with E-state index in [1.54, 1.807) is 13.3 Å². The van der Waals surface area contributed by atoms with Crippen LogP contribution >= 0.6 is 11.6 Å². The fourth-order valence-electron chi connectivity index (χ4n) is 1.78. The minimum absolute atomic E-state index is 0.247. The lowest BCUT2D eigenvalue weighted by atomic mass is 10.3. The van der Waals surface area contributed by atoms with E-state index in [-0.39, 0.29) is 5.97 Å². The van der Waals surface area contributed by atoms with Crippen molar-refractivity contribution in [3.63, 3.8) is 0 Å². The van der Waals surface area contributed by atoms with Crippen molar-refractivity contribution in [2.45, 2.75) is 33.2 Å². The molecule has 0 spiro atoms. The van der Waals surface area contributed by atoms with Crippen LogP contribution in [-0.4, -0.2) is 32.1 Å². The number of unbranched alkanes of at least 4 members (excludes halogenated alkanes) is 1. The lowest BCUT2D eigenvalue weighted by molar-refractivity contribution is -0.141. The summed E-state index contributed by atoms with van der Waals surface area (Å²) in [6.45, 7) is 4.40. The van der Waals surface area contributed by atoms with Crippen molar-refractivity contribution in [1.82, 2.24) is 19.5 Å². The molecule has 0 bridgehead atoms. The Morgan fingerprint density at radius 1 is 1.42 bits per heavy atom. The standard InChI is InChI=1S/C12H15ClN4O2/c1-8-15-11(13)10-12(16-8)17(7-14-10)5-3-4-6-19-9(2)18/h7H,3-6H2,1-2H3. The smallest absolute Gasteiger partial charge is 0.302 e. The largest absolute Gasteiger partial charge is 0.466 e. The number of fused-ring (bicyclic) bond motifs is 1. The molecule has 0 aliphatic carbocycles. The highest BCUT2D eigenvalue weighted by molar-refractivity contribution is 6.33. The van der Waals surface area contributed by atoms with Crippen LogP contribution in [0.15, 0.2) is 6.33 Å². The Balaban J connectivity index is 1.99. The quantitative estimate of drug-likeness (QED) is 0.477. The zero-order valence-electron chi connectivity index (χ0n) is 10.9. The van der Waals surface area contributed by atoms with Gasteiger partial charge in [0, 0.05) is 13.5 Å². The van der Waals surface area contributed by atoms with Gasteiger partial charge in [-0.1, -0.05) is 11.6 Å². The lowest BCUT2D eigenvalue weighted by Gasteiger charge is -2.04. The summed E-state index contributed by atoms with van der Waals surface area (Å²) >= 11 is 6.01. The Morgan fingerprint density at radius 2 is 2.21 bits per heavy atom. The number of hydrogen-bond acceptors (Lipinski definition) is 5.